The van der Waals surface area contributed by atoms with E-state index in [1.807, 2.05) is 11.8 Å². The lowest BCUT2D eigenvalue weighted by Gasteiger charge is -2.07. The highest BCUT2D eigenvalue weighted by Crippen LogP contribution is 2.22. The van der Waals surface area contributed by atoms with Gasteiger partial charge < -0.3 is 5.32 Å². The molecule has 0 saturated heterocycles. The third-order valence-electron chi connectivity index (χ3n) is 2.28. The van der Waals surface area contributed by atoms with Gasteiger partial charge in [-0.1, -0.05) is 26.0 Å². The Hall–Kier alpha value is -0.800. The van der Waals surface area contributed by atoms with Gasteiger partial charge in [-0.2, -0.15) is 0 Å². The molecule has 0 saturated carbocycles. The normalized spacial score (nSPS) is 10.8. The van der Waals surface area contributed by atoms with Gasteiger partial charge in [-0.25, -0.2) is 0 Å². The number of benzene rings is 1. The molecule has 94 valence electrons. The Morgan fingerprint density at radius 3 is 2.47 bits per heavy atom. The Labute approximate surface area is 108 Å². The Morgan fingerprint density at radius 2 is 1.94 bits per heavy atom. The first kappa shape index (κ1) is 14.3. The van der Waals surface area contributed by atoms with E-state index in [0.29, 0.717) is 11.7 Å². The van der Waals surface area contributed by atoms with Crippen molar-refractivity contribution in [2.45, 2.75) is 43.9 Å². The summed E-state index contributed by atoms with van der Waals surface area (Å²) in [4.78, 5) is 12.1. The lowest BCUT2D eigenvalue weighted by atomic mass is 10.2. The Bertz CT molecular complexity index is 346. The van der Waals surface area contributed by atoms with E-state index in [-0.39, 0.29) is 5.78 Å². The lowest BCUT2D eigenvalue weighted by Crippen LogP contribution is -2.16. The lowest BCUT2D eigenvalue weighted by molar-refractivity contribution is -0.116. The van der Waals surface area contributed by atoms with E-state index in [1.165, 1.54) is 10.5 Å². The van der Waals surface area contributed by atoms with Crippen LogP contribution in [0.2, 0.25) is 0 Å². The van der Waals surface area contributed by atoms with Crippen LogP contribution in [-0.2, 0) is 11.3 Å². The van der Waals surface area contributed by atoms with Crippen molar-refractivity contribution in [1.29, 1.82) is 0 Å². The van der Waals surface area contributed by atoms with Crippen LogP contribution in [-0.4, -0.2) is 17.6 Å². The zero-order valence-electron chi connectivity index (χ0n) is 10.8. The van der Waals surface area contributed by atoms with E-state index >= 15 is 0 Å². The zero-order chi connectivity index (χ0) is 12.7. The van der Waals surface area contributed by atoms with Crippen molar-refractivity contribution in [2.24, 2.45) is 0 Å². The van der Waals surface area contributed by atoms with Gasteiger partial charge in [0, 0.05) is 29.7 Å². The van der Waals surface area contributed by atoms with Gasteiger partial charge in [0.15, 0.2) is 0 Å². The number of carbonyl (C=O) groups excluding carboxylic acids is 1. The molecule has 0 fully saturated rings. The summed E-state index contributed by atoms with van der Waals surface area (Å²) in [6.45, 7) is 7.61. The molecule has 0 aliphatic heterocycles. The second kappa shape index (κ2) is 7.51. The molecule has 0 aliphatic rings. The van der Waals surface area contributed by atoms with Crippen LogP contribution in [0.1, 0.15) is 32.8 Å². The van der Waals surface area contributed by atoms with E-state index in [0.717, 1.165) is 13.1 Å². The Balaban J connectivity index is 2.32. The first-order valence-electron chi connectivity index (χ1n) is 6.03. The molecule has 0 aliphatic carbocycles. The van der Waals surface area contributed by atoms with Gasteiger partial charge in [0.25, 0.3) is 0 Å². The molecule has 0 heterocycles. The Morgan fingerprint density at radius 1 is 1.29 bits per heavy atom. The Kier molecular flexibility index (Phi) is 6.30. The van der Waals surface area contributed by atoms with Gasteiger partial charge in [0.2, 0.25) is 0 Å². The average Bonchev–Trinajstić information content (AvgIpc) is 2.25. The molecule has 1 N–H and O–H groups in total. The largest absolute Gasteiger partial charge is 0.312 e. The molecule has 2 nitrogen and oxygen atoms in total. The fourth-order valence-corrected chi connectivity index (χ4v) is 2.29. The van der Waals surface area contributed by atoms with E-state index in [1.54, 1.807) is 6.92 Å². The average molecular weight is 251 g/mol. The minimum atomic E-state index is 0.237. The highest BCUT2D eigenvalue weighted by Gasteiger charge is 1.99. The number of nitrogens with one attached hydrogen (secondary N) is 1. The molecule has 1 aromatic rings. The summed E-state index contributed by atoms with van der Waals surface area (Å²) in [6.07, 6.45) is 0.612. The van der Waals surface area contributed by atoms with E-state index < -0.39 is 0 Å². The second-order valence-electron chi connectivity index (χ2n) is 4.44. The number of hydrogen-bond acceptors (Lipinski definition) is 3. The van der Waals surface area contributed by atoms with Gasteiger partial charge in [-0.3, -0.25) is 4.79 Å². The van der Waals surface area contributed by atoms with Crippen LogP contribution < -0.4 is 5.32 Å². The molecule has 0 amide bonds. The van der Waals surface area contributed by atoms with Crippen LogP contribution in [0, 0.1) is 0 Å². The van der Waals surface area contributed by atoms with Gasteiger partial charge in [0.1, 0.15) is 5.78 Å². The molecular formula is C14H21NOS. The number of thioether (sulfide) groups is 1. The number of ketones is 1. The molecule has 0 spiro atoms. The number of Topliss-reactive ketones (excluding diaryl/α,β-unsaturated/α-hetero) is 1. The molecule has 0 radical (unpaired) electrons. The van der Waals surface area contributed by atoms with Crippen LogP contribution in [0.4, 0.5) is 0 Å². The van der Waals surface area contributed by atoms with Crippen molar-refractivity contribution in [1.82, 2.24) is 5.32 Å². The predicted molar refractivity (Wildman–Crippen MR) is 74.4 cm³/mol. The number of hydrogen-bond donors (Lipinski definition) is 1. The smallest absolute Gasteiger partial charge is 0.131 e. The van der Waals surface area contributed by atoms with E-state index in [2.05, 4.69) is 43.4 Å². The summed E-state index contributed by atoms with van der Waals surface area (Å²) in [6, 6.07) is 8.61. The van der Waals surface area contributed by atoms with Crippen LogP contribution in [0.25, 0.3) is 0 Å². The maximum absolute atomic E-state index is 10.8. The molecule has 3 heteroatoms. The molecule has 1 rings (SSSR count). The fraction of sp³-hybridized carbons (Fsp3) is 0.500. The van der Waals surface area contributed by atoms with Crippen molar-refractivity contribution in [3.05, 3.63) is 29.8 Å². The molecule has 1 aromatic carbocycles. The summed E-state index contributed by atoms with van der Waals surface area (Å²) < 4.78 is 0. The van der Waals surface area contributed by atoms with E-state index in [4.69, 9.17) is 0 Å². The molecular weight excluding hydrogens is 230 g/mol. The zero-order valence-corrected chi connectivity index (χ0v) is 11.6. The second-order valence-corrected chi connectivity index (χ2v) is 6.09. The van der Waals surface area contributed by atoms with Gasteiger partial charge >= 0.3 is 0 Å². The quantitative estimate of drug-likeness (QED) is 0.596. The molecule has 17 heavy (non-hydrogen) atoms. The van der Waals surface area contributed by atoms with Gasteiger partial charge in [-0.05, 0) is 24.6 Å². The molecule has 0 aromatic heterocycles. The maximum atomic E-state index is 10.8. The first-order chi connectivity index (χ1) is 8.08. The third-order valence-corrected chi connectivity index (χ3v) is 3.29. The van der Waals surface area contributed by atoms with E-state index in [9.17, 15) is 4.79 Å². The van der Waals surface area contributed by atoms with Crippen molar-refractivity contribution < 1.29 is 4.79 Å². The summed E-state index contributed by atoms with van der Waals surface area (Å²) in [5.41, 5.74) is 1.27. The highest BCUT2D eigenvalue weighted by molar-refractivity contribution is 7.99. The fourth-order valence-electron chi connectivity index (χ4n) is 1.46. The summed E-state index contributed by atoms with van der Waals surface area (Å²) in [7, 11) is 0. The third kappa shape index (κ3) is 6.49. The van der Waals surface area contributed by atoms with Crippen molar-refractivity contribution >= 4 is 17.5 Å². The standard InChI is InChI=1S/C14H21NOS/c1-11(2)17-14-6-4-13(5-7-14)10-15-9-8-12(3)16/h4-7,11,15H,8-10H2,1-3H3. The number of carbonyl (C=O) groups is 1. The molecule has 0 unspecified atom stereocenters. The summed E-state index contributed by atoms with van der Waals surface area (Å²) in [5, 5.41) is 3.89. The van der Waals surface area contributed by atoms with Crippen LogP contribution in [0.15, 0.2) is 29.2 Å². The van der Waals surface area contributed by atoms with Gasteiger partial charge in [-0.15, -0.1) is 11.8 Å². The minimum Gasteiger partial charge on any atom is -0.312 e. The monoisotopic (exact) mass is 251 g/mol. The van der Waals surface area contributed by atoms with Crippen LogP contribution in [0.5, 0.6) is 0 Å². The summed E-state index contributed by atoms with van der Waals surface area (Å²) in [5.74, 6) is 0.237. The first-order valence-corrected chi connectivity index (χ1v) is 6.91. The summed E-state index contributed by atoms with van der Waals surface area (Å²) >= 11 is 1.87. The van der Waals surface area contributed by atoms with Crippen molar-refractivity contribution in [3.8, 4) is 0 Å². The topological polar surface area (TPSA) is 29.1 Å². The predicted octanol–water partition coefficient (Wildman–Crippen LogP) is 3.26. The molecule has 0 atom stereocenters. The molecule has 0 bridgehead atoms. The number of rotatable bonds is 7. The van der Waals surface area contributed by atoms with Crippen molar-refractivity contribution in [2.75, 3.05) is 6.54 Å². The maximum Gasteiger partial charge on any atom is 0.131 e. The van der Waals surface area contributed by atoms with Crippen molar-refractivity contribution in [3.63, 3.8) is 0 Å². The van der Waals surface area contributed by atoms with Crippen LogP contribution >= 0.6 is 11.8 Å². The highest BCUT2D eigenvalue weighted by atomic mass is 32.2. The minimum absolute atomic E-state index is 0.237. The van der Waals surface area contributed by atoms with Crippen LogP contribution in [0.3, 0.4) is 0 Å². The van der Waals surface area contributed by atoms with Gasteiger partial charge in [0.05, 0.1) is 0 Å². The SMILES string of the molecule is CC(=O)CCNCc1ccc(SC(C)C)cc1.